The number of nitrogens with two attached hydrogens (primary N) is 1. The predicted molar refractivity (Wildman–Crippen MR) is 158 cm³/mol. The van der Waals surface area contributed by atoms with Gasteiger partial charge in [0.15, 0.2) is 5.78 Å². The zero-order valence-electron chi connectivity index (χ0n) is 23.7. The van der Waals surface area contributed by atoms with Crippen LogP contribution in [0.4, 0.5) is 0 Å². The van der Waals surface area contributed by atoms with Gasteiger partial charge in [0.05, 0.1) is 18.6 Å². The number of halogens is 1. The van der Waals surface area contributed by atoms with Crippen LogP contribution < -0.4 is 16.4 Å². The van der Waals surface area contributed by atoms with Crippen LogP contribution in [0.5, 0.6) is 0 Å². The highest BCUT2D eigenvalue weighted by Gasteiger charge is 2.38. The van der Waals surface area contributed by atoms with Crippen LogP contribution in [-0.4, -0.2) is 87.7 Å². The largest absolute Gasteiger partial charge is 0.481 e. The van der Waals surface area contributed by atoms with Crippen LogP contribution in [-0.2, 0) is 35.2 Å². The fraction of sp³-hybridized carbons (Fsp3) is 0.467. The molecule has 0 spiro atoms. The fourth-order valence-corrected chi connectivity index (χ4v) is 5.26. The fourth-order valence-electron chi connectivity index (χ4n) is 5.18. The van der Waals surface area contributed by atoms with Crippen molar-refractivity contribution in [3.8, 4) is 0 Å². The molecule has 2 aromatic carbocycles. The van der Waals surface area contributed by atoms with E-state index in [9.17, 15) is 33.9 Å². The van der Waals surface area contributed by atoms with Crippen LogP contribution in [0, 0.1) is 5.92 Å². The third-order valence-corrected chi connectivity index (χ3v) is 7.76. The first-order valence-corrected chi connectivity index (χ1v) is 14.7. The summed E-state index contributed by atoms with van der Waals surface area (Å²) in [6.07, 6.45) is 0.593. The van der Waals surface area contributed by atoms with E-state index in [0.717, 1.165) is 16.3 Å². The number of nitrogens with zero attached hydrogens (tertiary/aromatic N) is 1. The number of likely N-dealkylation sites (tertiary alicyclic amines) is 1. The molecule has 0 saturated carbocycles. The number of piperidine rings is 1. The lowest BCUT2D eigenvalue weighted by molar-refractivity contribution is -0.146. The molecule has 1 aliphatic rings. The molecule has 0 bridgehead atoms. The van der Waals surface area contributed by atoms with Crippen LogP contribution in [0.1, 0.15) is 44.1 Å². The molecule has 3 rings (SSSR count). The zero-order chi connectivity index (χ0) is 31.5. The van der Waals surface area contributed by atoms with Crippen LogP contribution in [0.3, 0.4) is 0 Å². The second-order valence-corrected chi connectivity index (χ2v) is 10.9. The molecule has 1 heterocycles. The van der Waals surface area contributed by atoms with Crippen molar-refractivity contribution < 1.29 is 39.0 Å². The Bertz CT molecular complexity index is 1350. The van der Waals surface area contributed by atoms with Gasteiger partial charge in [0.25, 0.3) is 0 Å². The molecule has 0 aromatic heterocycles. The quantitative estimate of drug-likeness (QED) is 0.182. The van der Waals surface area contributed by atoms with E-state index in [-0.39, 0.29) is 32.2 Å². The number of Topliss-reactive ketones (excluding diaryl/α,β-unsaturated/α-hetero) is 1. The number of carbonyl (C=O) groups excluding carboxylic acids is 5. The molecule has 13 heteroatoms. The first-order chi connectivity index (χ1) is 20.5. The summed E-state index contributed by atoms with van der Waals surface area (Å²) in [6.45, 7) is -0.441. The Kier molecular flexibility index (Phi) is 12.4. The van der Waals surface area contributed by atoms with Crippen molar-refractivity contribution in [3.63, 3.8) is 0 Å². The number of hydrogen-bond acceptors (Lipinski definition) is 7. The number of carbonyl (C=O) groups is 6. The van der Waals surface area contributed by atoms with Crippen molar-refractivity contribution in [3.05, 3.63) is 48.0 Å². The maximum Gasteiger partial charge on any atom is 0.303 e. The lowest BCUT2D eigenvalue weighted by Gasteiger charge is -2.37. The Morgan fingerprint density at radius 3 is 2.37 bits per heavy atom. The van der Waals surface area contributed by atoms with Crippen molar-refractivity contribution in [2.75, 3.05) is 19.0 Å². The molecule has 1 aliphatic heterocycles. The van der Waals surface area contributed by atoms with Gasteiger partial charge in [-0.1, -0.05) is 42.5 Å². The molecule has 1 fully saturated rings. The van der Waals surface area contributed by atoms with Gasteiger partial charge >= 0.3 is 5.97 Å². The minimum absolute atomic E-state index is 0.0833. The molecule has 0 unspecified atom stereocenters. The molecule has 43 heavy (non-hydrogen) atoms. The number of ketones is 1. The number of nitrogens with one attached hydrogen (secondary N) is 2. The van der Waals surface area contributed by atoms with E-state index in [1.807, 2.05) is 42.5 Å². The van der Waals surface area contributed by atoms with Crippen LogP contribution in [0.15, 0.2) is 42.5 Å². The van der Waals surface area contributed by atoms with Gasteiger partial charge in [0.1, 0.15) is 18.0 Å². The van der Waals surface area contributed by atoms with Gasteiger partial charge in [-0.3, -0.25) is 28.8 Å². The molecule has 4 atom stereocenters. The van der Waals surface area contributed by atoms with Gasteiger partial charge in [-0.05, 0) is 48.4 Å². The molecule has 232 valence electrons. The van der Waals surface area contributed by atoms with Crippen LogP contribution in [0.25, 0.3) is 10.8 Å². The number of aliphatic carboxylic acids is 1. The lowest BCUT2D eigenvalue weighted by atomic mass is 9.93. The number of primary amides is 1. The minimum Gasteiger partial charge on any atom is -0.481 e. The van der Waals surface area contributed by atoms with Gasteiger partial charge in [0.2, 0.25) is 23.6 Å². The SMILES string of the molecule is NC(=O)[C@H](CO)CC(=O)[C@H](Cc1ccc2ccccc2c1)NC(=O)[C@@H]1CCCCN1C(=O)[C@H](CCC(=O)O)NC(=O)CCl. The number of aliphatic hydroxyl groups is 1. The summed E-state index contributed by atoms with van der Waals surface area (Å²) in [4.78, 5) is 76.8. The van der Waals surface area contributed by atoms with Gasteiger partial charge in [-0.15, -0.1) is 11.6 Å². The van der Waals surface area contributed by atoms with Gasteiger partial charge in [-0.2, -0.15) is 0 Å². The maximum absolute atomic E-state index is 13.7. The summed E-state index contributed by atoms with van der Waals surface area (Å²) in [7, 11) is 0. The molecule has 6 N–H and O–H groups in total. The van der Waals surface area contributed by atoms with Crippen molar-refractivity contribution in [1.82, 2.24) is 15.5 Å². The van der Waals surface area contributed by atoms with E-state index in [2.05, 4.69) is 10.6 Å². The molecule has 2 aromatic rings. The number of fused-ring (bicyclic) bond motifs is 1. The average Bonchev–Trinajstić information content (AvgIpc) is 3.00. The van der Waals surface area contributed by atoms with Crippen molar-refractivity contribution in [2.24, 2.45) is 11.7 Å². The first-order valence-electron chi connectivity index (χ1n) is 14.1. The molecular formula is C30H37ClN4O8. The molecule has 12 nitrogen and oxygen atoms in total. The number of carboxylic acids is 1. The van der Waals surface area contributed by atoms with Crippen LogP contribution in [0.2, 0.25) is 0 Å². The number of hydrogen-bond donors (Lipinski definition) is 5. The zero-order valence-corrected chi connectivity index (χ0v) is 24.4. The van der Waals surface area contributed by atoms with Gasteiger partial charge < -0.3 is 31.5 Å². The summed E-state index contributed by atoms with van der Waals surface area (Å²) < 4.78 is 0. The number of amides is 4. The topological polar surface area (TPSA) is 196 Å². The van der Waals surface area contributed by atoms with E-state index in [0.29, 0.717) is 12.8 Å². The van der Waals surface area contributed by atoms with Crippen LogP contribution >= 0.6 is 11.6 Å². The Balaban J connectivity index is 1.86. The number of carboxylic acid groups (broad SMARTS) is 1. The second-order valence-electron chi connectivity index (χ2n) is 10.6. The van der Waals surface area contributed by atoms with Crippen molar-refractivity contribution in [2.45, 2.75) is 63.1 Å². The molecule has 0 radical (unpaired) electrons. The van der Waals surface area contributed by atoms with E-state index < -0.39 is 78.3 Å². The highest BCUT2D eigenvalue weighted by atomic mass is 35.5. The molecule has 0 aliphatic carbocycles. The first kappa shape index (κ1) is 33.5. The predicted octanol–water partition coefficient (Wildman–Crippen LogP) is 0.890. The third kappa shape index (κ3) is 9.48. The Labute approximate surface area is 253 Å². The highest BCUT2D eigenvalue weighted by Crippen LogP contribution is 2.22. The summed E-state index contributed by atoms with van der Waals surface area (Å²) in [5.41, 5.74) is 6.08. The molecule has 1 saturated heterocycles. The Morgan fingerprint density at radius 1 is 1.00 bits per heavy atom. The number of alkyl halides is 1. The highest BCUT2D eigenvalue weighted by molar-refractivity contribution is 6.27. The monoisotopic (exact) mass is 616 g/mol. The van der Waals surface area contributed by atoms with Gasteiger partial charge in [-0.25, -0.2) is 0 Å². The number of benzene rings is 2. The Hall–Kier alpha value is -4.03. The van der Waals surface area contributed by atoms with E-state index in [4.69, 9.17) is 22.4 Å². The summed E-state index contributed by atoms with van der Waals surface area (Å²) in [5, 5.41) is 25.8. The summed E-state index contributed by atoms with van der Waals surface area (Å²) >= 11 is 5.59. The van der Waals surface area contributed by atoms with E-state index >= 15 is 0 Å². The second kappa shape index (κ2) is 16.0. The summed E-state index contributed by atoms with van der Waals surface area (Å²) in [6, 6.07) is 9.96. The Morgan fingerprint density at radius 2 is 1.72 bits per heavy atom. The third-order valence-electron chi connectivity index (χ3n) is 7.52. The average molecular weight is 617 g/mol. The normalized spacial score (nSPS) is 17.0. The smallest absolute Gasteiger partial charge is 0.303 e. The maximum atomic E-state index is 13.7. The van der Waals surface area contributed by atoms with Gasteiger partial charge in [0, 0.05) is 19.4 Å². The lowest BCUT2D eigenvalue weighted by Crippen LogP contribution is -2.59. The van der Waals surface area contributed by atoms with E-state index in [1.54, 1.807) is 0 Å². The van der Waals surface area contributed by atoms with Crippen molar-refractivity contribution in [1.29, 1.82) is 0 Å². The molecular weight excluding hydrogens is 580 g/mol. The summed E-state index contributed by atoms with van der Waals surface area (Å²) in [5.74, 6) is -5.95. The van der Waals surface area contributed by atoms with E-state index in [1.165, 1.54) is 4.90 Å². The minimum atomic E-state index is -1.20. The number of rotatable bonds is 15. The number of aliphatic hydroxyl groups excluding tert-OH is 1. The molecule has 4 amide bonds. The van der Waals surface area contributed by atoms with Crippen molar-refractivity contribution >= 4 is 57.8 Å². The standard InChI is InChI=1S/C30H37ClN4O8/c31-16-26(38)33-22(10-11-27(39)40)30(43)35-12-4-3-7-24(35)29(42)34-23(25(37)15-21(17-36)28(32)41)14-18-8-9-19-5-1-2-6-20(19)13-18/h1-2,5-6,8-9,13,21-24,36H,3-4,7,10-12,14-17H2,(H2,32,41)(H,33,38)(H,34,42)(H,39,40)/t21-,22-,23-,24-/m0/s1.